The number of hydrogen-bond acceptors (Lipinski definition) is 6. The Morgan fingerprint density at radius 2 is 2.00 bits per heavy atom. The Morgan fingerprint density at radius 1 is 1.31 bits per heavy atom. The Morgan fingerprint density at radius 3 is 2.65 bits per heavy atom. The van der Waals surface area contributed by atoms with Crippen LogP contribution in [0.5, 0.6) is 0 Å². The number of halogens is 1. The normalized spacial score (nSPS) is 15.8. The Balaban J connectivity index is 0.00000338. The molecule has 8 heteroatoms. The number of hydrogen-bond donors (Lipinski definition) is 0. The van der Waals surface area contributed by atoms with Crippen LogP contribution in [0.2, 0.25) is 0 Å². The van der Waals surface area contributed by atoms with E-state index in [9.17, 15) is 9.59 Å². The highest BCUT2D eigenvalue weighted by Crippen LogP contribution is 2.30. The highest BCUT2D eigenvalue weighted by molar-refractivity contribution is 8.26. The third-order valence-electron chi connectivity index (χ3n) is 3.30. The lowest BCUT2D eigenvalue weighted by Crippen LogP contribution is -2.35. The topological polar surface area (TPSA) is 49.9 Å². The molecule has 1 aromatic rings. The van der Waals surface area contributed by atoms with Crippen molar-refractivity contribution in [2.45, 2.75) is 0 Å². The number of amides is 1. The molecule has 5 nitrogen and oxygen atoms in total. The molecular formula is C18H21ClN2O3S2. The van der Waals surface area contributed by atoms with E-state index in [0.29, 0.717) is 15.8 Å². The second-order valence-electron chi connectivity index (χ2n) is 5.58. The molecule has 26 heavy (non-hydrogen) atoms. The summed E-state index contributed by atoms with van der Waals surface area (Å²) in [7, 11) is 3.78. The number of rotatable bonds is 7. The predicted octanol–water partition coefficient (Wildman–Crippen LogP) is 2.97. The van der Waals surface area contributed by atoms with Crippen LogP contribution in [0.3, 0.4) is 0 Å². The Labute approximate surface area is 169 Å². The van der Waals surface area contributed by atoms with Crippen LogP contribution in [-0.2, 0) is 14.3 Å². The molecule has 0 saturated carbocycles. The zero-order chi connectivity index (χ0) is 18.2. The molecule has 1 aromatic carbocycles. The SMILES string of the molecule is CN(C)CCOC(=O)CN1C(=O)/C(=C/C=C/c2ccccc2)SC1=S.Cl. The first-order chi connectivity index (χ1) is 12.0. The average molecular weight is 413 g/mol. The second kappa shape index (κ2) is 11.1. The van der Waals surface area contributed by atoms with E-state index in [1.807, 2.05) is 55.4 Å². The first kappa shape index (κ1) is 22.4. The molecule has 0 atom stereocenters. The van der Waals surface area contributed by atoms with Crippen molar-refractivity contribution in [3.63, 3.8) is 0 Å². The fourth-order valence-corrected chi connectivity index (χ4v) is 3.18. The van der Waals surface area contributed by atoms with E-state index in [1.165, 1.54) is 16.7 Å². The molecule has 1 saturated heterocycles. The van der Waals surface area contributed by atoms with E-state index in [1.54, 1.807) is 12.2 Å². The first-order valence-electron chi connectivity index (χ1n) is 7.75. The van der Waals surface area contributed by atoms with E-state index in [4.69, 9.17) is 17.0 Å². The van der Waals surface area contributed by atoms with Crippen LogP contribution in [0.1, 0.15) is 5.56 Å². The van der Waals surface area contributed by atoms with Crippen molar-refractivity contribution < 1.29 is 14.3 Å². The number of carbonyl (C=O) groups excluding carboxylic acids is 2. The van der Waals surface area contributed by atoms with Gasteiger partial charge in [0.05, 0.1) is 4.91 Å². The molecule has 1 aliphatic rings. The van der Waals surface area contributed by atoms with E-state index in [0.717, 1.165) is 5.56 Å². The number of nitrogens with zero attached hydrogens (tertiary/aromatic N) is 2. The van der Waals surface area contributed by atoms with Crippen LogP contribution in [0.15, 0.2) is 47.4 Å². The summed E-state index contributed by atoms with van der Waals surface area (Å²) in [6.07, 6.45) is 5.42. The van der Waals surface area contributed by atoms with Crippen molar-refractivity contribution in [2.75, 3.05) is 33.8 Å². The summed E-state index contributed by atoms with van der Waals surface area (Å²) in [5.41, 5.74) is 1.04. The minimum Gasteiger partial charge on any atom is -0.463 e. The van der Waals surface area contributed by atoms with E-state index in [2.05, 4.69) is 0 Å². The number of benzene rings is 1. The van der Waals surface area contributed by atoms with Gasteiger partial charge in [0.25, 0.3) is 5.91 Å². The molecule has 0 radical (unpaired) electrons. The Bertz CT molecular complexity index is 706. The summed E-state index contributed by atoms with van der Waals surface area (Å²) in [5, 5.41) is 0. The lowest BCUT2D eigenvalue weighted by Gasteiger charge is -2.14. The van der Waals surface area contributed by atoms with Crippen LogP contribution >= 0.6 is 36.4 Å². The Kier molecular flexibility index (Phi) is 9.58. The van der Waals surface area contributed by atoms with Gasteiger partial charge < -0.3 is 9.64 Å². The summed E-state index contributed by atoms with van der Waals surface area (Å²) in [5.74, 6) is -0.725. The average Bonchev–Trinajstić information content (AvgIpc) is 2.83. The van der Waals surface area contributed by atoms with Gasteiger partial charge in [0.1, 0.15) is 17.5 Å². The smallest absolute Gasteiger partial charge is 0.326 e. The molecule has 2 rings (SSSR count). The first-order valence-corrected chi connectivity index (χ1v) is 8.97. The van der Waals surface area contributed by atoms with Crippen molar-refractivity contribution in [3.8, 4) is 0 Å². The van der Waals surface area contributed by atoms with Gasteiger partial charge in [-0.25, -0.2) is 0 Å². The minimum atomic E-state index is -0.459. The third-order valence-corrected chi connectivity index (χ3v) is 4.69. The Hall–Kier alpha value is -1.67. The number of carbonyl (C=O) groups is 2. The van der Waals surface area contributed by atoms with Crippen LogP contribution < -0.4 is 0 Å². The molecule has 1 amide bonds. The number of thioether (sulfide) groups is 1. The summed E-state index contributed by atoms with van der Waals surface area (Å²) in [4.78, 5) is 27.9. The molecule has 0 aliphatic carbocycles. The van der Waals surface area contributed by atoms with Gasteiger partial charge in [0.2, 0.25) is 0 Å². The standard InChI is InChI=1S/C18H20N2O3S2.ClH/c1-19(2)11-12-23-16(21)13-20-17(22)15(25-18(20)24)10-6-9-14-7-4-3-5-8-14;/h3-10H,11-13H2,1-2H3;1H/b9-6+,15-10-;. The molecule has 1 fully saturated rings. The lowest BCUT2D eigenvalue weighted by atomic mass is 10.2. The van der Waals surface area contributed by atoms with Gasteiger partial charge in [0.15, 0.2) is 0 Å². The molecular weight excluding hydrogens is 392 g/mol. The van der Waals surface area contributed by atoms with Gasteiger partial charge in [-0.1, -0.05) is 66.5 Å². The number of thiocarbonyl (C=S) groups is 1. The fourth-order valence-electron chi connectivity index (χ4n) is 1.98. The molecule has 0 aromatic heterocycles. The van der Waals surface area contributed by atoms with Gasteiger partial charge in [-0.3, -0.25) is 14.5 Å². The van der Waals surface area contributed by atoms with Crippen molar-refractivity contribution in [1.29, 1.82) is 0 Å². The predicted molar refractivity (Wildman–Crippen MR) is 112 cm³/mol. The lowest BCUT2D eigenvalue weighted by molar-refractivity contribution is -0.146. The molecule has 0 unspecified atom stereocenters. The third kappa shape index (κ3) is 6.92. The van der Waals surface area contributed by atoms with Gasteiger partial charge in [-0.05, 0) is 25.7 Å². The highest BCUT2D eigenvalue weighted by atomic mass is 35.5. The maximum Gasteiger partial charge on any atom is 0.326 e. The largest absolute Gasteiger partial charge is 0.463 e. The number of ether oxygens (including phenoxy) is 1. The quantitative estimate of drug-likeness (QED) is 0.390. The van der Waals surface area contributed by atoms with Gasteiger partial charge in [0, 0.05) is 6.54 Å². The van der Waals surface area contributed by atoms with E-state index < -0.39 is 5.97 Å². The van der Waals surface area contributed by atoms with Gasteiger partial charge in [-0.15, -0.1) is 12.4 Å². The zero-order valence-electron chi connectivity index (χ0n) is 14.6. The summed E-state index contributed by atoms with van der Waals surface area (Å²) in [6, 6.07) is 9.78. The van der Waals surface area contributed by atoms with Crippen LogP contribution in [0.4, 0.5) is 0 Å². The summed E-state index contributed by atoms with van der Waals surface area (Å²) < 4.78 is 5.48. The van der Waals surface area contributed by atoms with Crippen LogP contribution in [-0.4, -0.2) is 59.8 Å². The maximum atomic E-state index is 12.4. The van der Waals surface area contributed by atoms with E-state index >= 15 is 0 Å². The van der Waals surface area contributed by atoms with Gasteiger partial charge in [-0.2, -0.15) is 0 Å². The minimum absolute atomic E-state index is 0. The van der Waals surface area contributed by atoms with Crippen LogP contribution in [0, 0.1) is 0 Å². The zero-order valence-corrected chi connectivity index (χ0v) is 17.0. The molecule has 0 spiro atoms. The van der Waals surface area contributed by atoms with Crippen molar-refractivity contribution >= 4 is 58.7 Å². The number of esters is 1. The summed E-state index contributed by atoms with van der Waals surface area (Å²) >= 11 is 6.39. The highest BCUT2D eigenvalue weighted by Gasteiger charge is 2.33. The molecule has 0 bridgehead atoms. The molecule has 0 N–H and O–H groups in total. The van der Waals surface area contributed by atoms with Crippen molar-refractivity contribution in [1.82, 2.24) is 9.80 Å². The monoisotopic (exact) mass is 412 g/mol. The summed E-state index contributed by atoms with van der Waals surface area (Å²) in [6.45, 7) is 0.766. The number of likely N-dealkylation sites (N-methyl/N-ethyl adjacent to an activating group) is 1. The van der Waals surface area contributed by atoms with Crippen molar-refractivity contribution in [2.24, 2.45) is 0 Å². The molecule has 1 aliphatic heterocycles. The second-order valence-corrected chi connectivity index (χ2v) is 7.26. The maximum absolute atomic E-state index is 12.4. The molecule has 1 heterocycles. The fraction of sp³-hybridized carbons (Fsp3) is 0.278. The van der Waals surface area contributed by atoms with Gasteiger partial charge >= 0.3 is 5.97 Å². The van der Waals surface area contributed by atoms with Crippen molar-refractivity contribution in [3.05, 3.63) is 53.0 Å². The van der Waals surface area contributed by atoms with E-state index in [-0.39, 0.29) is 31.5 Å². The van der Waals surface area contributed by atoms with Crippen LogP contribution in [0.25, 0.3) is 6.08 Å². The molecule has 140 valence electrons. The number of allylic oxidation sites excluding steroid dienone is 2.